The Balaban J connectivity index is 3.40. The first-order chi connectivity index (χ1) is 5.96. The monoisotopic (exact) mass is 286 g/mol. The molecule has 1 aromatic rings. The van der Waals surface area contributed by atoms with Crippen LogP contribution in [0.5, 0.6) is 0 Å². The summed E-state index contributed by atoms with van der Waals surface area (Å²) in [5.74, 6) is 0. The fourth-order valence-electron chi connectivity index (χ4n) is 1.11. The van der Waals surface area contributed by atoms with E-state index in [1.165, 1.54) is 0 Å². The van der Waals surface area contributed by atoms with Crippen LogP contribution in [0.4, 0.5) is 0 Å². The van der Waals surface area contributed by atoms with Crippen LogP contribution < -0.4 is 0 Å². The van der Waals surface area contributed by atoms with Gasteiger partial charge in [0, 0.05) is 15.2 Å². The Morgan fingerprint density at radius 3 is 2.46 bits per heavy atom. The van der Waals surface area contributed by atoms with Gasteiger partial charge in [0.1, 0.15) is 6.07 Å². The fraction of sp³-hybridized carbons (Fsp3) is 0.400. The number of halogens is 1. The number of aromatic nitrogens is 1. The minimum absolute atomic E-state index is 0.0632. The summed E-state index contributed by atoms with van der Waals surface area (Å²) in [7, 11) is 0. The molecule has 0 aliphatic heterocycles. The fourth-order valence-corrected chi connectivity index (χ4v) is 1.65. The van der Waals surface area contributed by atoms with Crippen LogP contribution in [0.1, 0.15) is 32.0 Å². The molecule has 0 spiro atoms. The Bertz CT molecular complexity index is 358. The minimum Gasteiger partial charge on any atom is -0.259 e. The average Bonchev–Trinajstić information content (AvgIpc) is 2.02. The van der Waals surface area contributed by atoms with Gasteiger partial charge in [-0.05, 0) is 28.7 Å². The van der Waals surface area contributed by atoms with Gasteiger partial charge >= 0.3 is 0 Å². The van der Waals surface area contributed by atoms with Crippen molar-refractivity contribution >= 4 is 22.6 Å². The molecular weight excluding hydrogens is 275 g/mol. The molecule has 1 heterocycles. The zero-order valence-electron chi connectivity index (χ0n) is 7.93. The summed E-state index contributed by atoms with van der Waals surface area (Å²) in [4.78, 5) is 4.25. The van der Waals surface area contributed by atoms with E-state index in [4.69, 9.17) is 5.26 Å². The Kier molecular flexibility index (Phi) is 2.91. The first kappa shape index (κ1) is 10.5. The quantitative estimate of drug-likeness (QED) is 0.688. The van der Waals surface area contributed by atoms with Gasteiger partial charge < -0.3 is 0 Å². The third-order valence-corrected chi connectivity index (χ3v) is 2.62. The van der Waals surface area contributed by atoms with Crippen LogP contribution in [-0.2, 0) is 5.41 Å². The van der Waals surface area contributed by atoms with Crippen molar-refractivity contribution in [2.24, 2.45) is 0 Å². The van der Waals surface area contributed by atoms with E-state index < -0.39 is 0 Å². The zero-order valence-corrected chi connectivity index (χ0v) is 10.1. The molecule has 13 heavy (non-hydrogen) atoms. The maximum Gasteiger partial charge on any atom is 0.102 e. The maximum absolute atomic E-state index is 8.97. The van der Waals surface area contributed by atoms with Gasteiger partial charge in [-0.3, -0.25) is 4.98 Å². The lowest BCUT2D eigenvalue weighted by Crippen LogP contribution is -2.16. The molecule has 0 bridgehead atoms. The van der Waals surface area contributed by atoms with E-state index in [9.17, 15) is 0 Å². The van der Waals surface area contributed by atoms with E-state index in [2.05, 4.69) is 54.4 Å². The van der Waals surface area contributed by atoms with Gasteiger partial charge in [-0.2, -0.15) is 5.26 Å². The SMILES string of the molecule is CC(C)(C)c1nccc(I)c1C#N. The Morgan fingerprint density at radius 1 is 1.46 bits per heavy atom. The summed E-state index contributed by atoms with van der Waals surface area (Å²) in [6.45, 7) is 6.19. The molecule has 3 heteroatoms. The van der Waals surface area contributed by atoms with E-state index in [-0.39, 0.29) is 5.41 Å². The van der Waals surface area contributed by atoms with Crippen LogP contribution in [0.2, 0.25) is 0 Å². The van der Waals surface area contributed by atoms with Crippen LogP contribution in [0, 0.1) is 14.9 Å². The summed E-state index contributed by atoms with van der Waals surface area (Å²) in [6, 6.07) is 4.06. The number of hydrogen-bond acceptors (Lipinski definition) is 2. The van der Waals surface area contributed by atoms with Crippen LogP contribution >= 0.6 is 22.6 Å². The highest BCUT2D eigenvalue weighted by atomic mass is 127. The summed E-state index contributed by atoms with van der Waals surface area (Å²) in [5.41, 5.74) is 1.52. The third-order valence-electron chi connectivity index (χ3n) is 1.72. The van der Waals surface area contributed by atoms with Crippen molar-refractivity contribution in [3.63, 3.8) is 0 Å². The molecule has 0 N–H and O–H groups in total. The molecule has 0 unspecified atom stereocenters. The lowest BCUT2D eigenvalue weighted by atomic mass is 9.89. The van der Waals surface area contributed by atoms with E-state index in [0.29, 0.717) is 5.56 Å². The Labute approximate surface area is 92.1 Å². The van der Waals surface area contributed by atoms with Gasteiger partial charge in [0.05, 0.1) is 11.3 Å². The van der Waals surface area contributed by atoms with Crippen LogP contribution in [0.25, 0.3) is 0 Å². The van der Waals surface area contributed by atoms with Gasteiger partial charge in [0.15, 0.2) is 0 Å². The van der Waals surface area contributed by atoms with Crippen molar-refractivity contribution in [1.82, 2.24) is 4.98 Å². The first-order valence-electron chi connectivity index (χ1n) is 4.02. The Morgan fingerprint density at radius 2 is 2.08 bits per heavy atom. The summed E-state index contributed by atoms with van der Waals surface area (Å²) >= 11 is 2.16. The molecule has 0 atom stereocenters. The van der Waals surface area contributed by atoms with Crippen molar-refractivity contribution < 1.29 is 0 Å². The number of pyridine rings is 1. The van der Waals surface area contributed by atoms with Gasteiger partial charge in [0.25, 0.3) is 0 Å². The van der Waals surface area contributed by atoms with Crippen LogP contribution in [0.3, 0.4) is 0 Å². The standard InChI is InChI=1S/C10H11IN2/c1-10(2,3)9-7(6-12)8(11)4-5-13-9/h4-5H,1-3H3. The van der Waals surface area contributed by atoms with Crippen LogP contribution in [0.15, 0.2) is 12.3 Å². The molecule has 0 fully saturated rings. The number of rotatable bonds is 0. The van der Waals surface area contributed by atoms with Gasteiger partial charge in [-0.1, -0.05) is 20.8 Å². The summed E-state index contributed by atoms with van der Waals surface area (Å²) < 4.78 is 0.972. The molecule has 0 radical (unpaired) electrons. The van der Waals surface area contributed by atoms with Crippen molar-refractivity contribution in [2.75, 3.05) is 0 Å². The maximum atomic E-state index is 8.97. The molecule has 0 aromatic carbocycles. The molecule has 1 rings (SSSR count). The van der Waals surface area contributed by atoms with Crippen molar-refractivity contribution in [1.29, 1.82) is 5.26 Å². The third kappa shape index (κ3) is 2.19. The van der Waals surface area contributed by atoms with Gasteiger partial charge in [-0.15, -0.1) is 0 Å². The minimum atomic E-state index is -0.0632. The summed E-state index contributed by atoms with van der Waals surface area (Å²) in [5, 5.41) is 8.97. The molecule has 0 saturated carbocycles. The second kappa shape index (κ2) is 3.62. The lowest BCUT2D eigenvalue weighted by molar-refractivity contribution is 0.566. The molecule has 0 amide bonds. The van der Waals surface area contributed by atoms with E-state index in [0.717, 1.165) is 9.26 Å². The largest absolute Gasteiger partial charge is 0.259 e. The molecule has 0 aliphatic rings. The number of nitriles is 1. The highest BCUT2D eigenvalue weighted by Crippen LogP contribution is 2.25. The van der Waals surface area contributed by atoms with E-state index in [1.54, 1.807) is 6.20 Å². The number of nitrogens with zero attached hydrogens (tertiary/aromatic N) is 2. The van der Waals surface area contributed by atoms with Crippen molar-refractivity contribution in [3.05, 3.63) is 27.1 Å². The second-order valence-electron chi connectivity index (χ2n) is 3.88. The Hall–Kier alpha value is -0.630. The first-order valence-corrected chi connectivity index (χ1v) is 5.10. The highest BCUT2D eigenvalue weighted by Gasteiger charge is 2.20. The zero-order chi connectivity index (χ0) is 10.1. The highest BCUT2D eigenvalue weighted by molar-refractivity contribution is 14.1. The molecule has 68 valence electrons. The summed E-state index contributed by atoms with van der Waals surface area (Å²) in [6.07, 6.45) is 1.75. The molecule has 1 aromatic heterocycles. The topological polar surface area (TPSA) is 36.7 Å². The number of hydrogen-bond donors (Lipinski definition) is 0. The van der Waals surface area contributed by atoms with E-state index in [1.807, 2.05) is 6.07 Å². The lowest BCUT2D eigenvalue weighted by Gasteiger charge is -2.19. The normalized spacial score (nSPS) is 11.0. The van der Waals surface area contributed by atoms with Crippen molar-refractivity contribution in [3.8, 4) is 6.07 Å². The molecule has 0 saturated heterocycles. The van der Waals surface area contributed by atoms with Gasteiger partial charge in [-0.25, -0.2) is 0 Å². The molecule has 0 aliphatic carbocycles. The van der Waals surface area contributed by atoms with Crippen molar-refractivity contribution in [2.45, 2.75) is 26.2 Å². The van der Waals surface area contributed by atoms with Gasteiger partial charge in [0.2, 0.25) is 0 Å². The van der Waals surface area contributed by atoms with Crippen LogP contribution in [-0.4, -0.2) is 4.98 Å². The van der Waals surface area contributed by atoms with E-state index >= 15 is 0 Å². The predicted octanol–water partition coefficient (Wildman–Crippen LogP) is 2.86. The smallest absolute Gasteiger partial charge is 0.102 e. The second-order valence-corrected chi connectivity index (χ2v) is 5.04. The average molecular weight is 286 g/mol. The predicted molar refractivity (Wildman–Crippen MR) is 60.4 cm³/mol. The molecular formula is C10H11IN2. The molecule has 2 nitrogen and oxygen atoms in total.